The monoisotopic (exact) mass is 427 g/mol. The molecule has 9 heteroatoms. The van der Waals surface area contributed by atoms with Crippen molar-refractivity contribution in [2.24, 2.45) is 16.7 Å². The van der Waals surface area contributed by atoms with E-state index in [9.17, 15) is 23.1 Å². The minimum Gasteiger partial charge on any atom is -0.460 e. The molecular formula is C20H29NO7S. The molecule has 162 valence electrons. The van der Waals surface area contributed by atoms with Crippen molar-refractivity contribution in [3.63, 3.8) is 0 Å². The molecule has 3 heterocycles. The van der Waals surface area contributed by atoms with E-state index < -0.39 is 33.6 Å². The van der Waals surface area contributed by atoms with Gasteiger partial charge in [-0.2, -0.15) is 0 Å². The summed E-state index contributed by atoms with van der Waals surface area (Å²) in [6.45, 7) is 4.25. The highest BCUT2D eigenvalue weighted by Gasteiger charge is 2.72. The molecule has 8 nitrogen and oxygen atoms in total. The average molecular weight is 428 g/mol. The molecule has 5 fully saturated rings. The normalized spacial score (nSPS) is 45.4. The lowest BCUT2D eigenvalue weighted by Crippen LogP contribution is -2.50. The van der Waals surface area contributed by atoms with E-state index in [1.807, 2.05) is 0 Å². The molecule has 1 spiro atoms. The van der Waals surface area contributed by atoms with Gasteiger partial charge in [0, 0.05) is 11.8 Å². The molecule has 2 aliphatic carbocycles. The summed E-state index contributed by atoms with van der Waals surface area (Å²) in [5, 5.41) is 10.8. The Morgan fingerprint density at radius 3 is 2.62 bits per heavy atom. The van der Waals surface area contributed by atoms with Gasteiger partial charge in [-0.1, -0.05) is 13.8 Å². The fourth-order valence-electron chi connectivity index (χ4n) is 6.87. The zero-order chi connectivity index (χ0) is 20.8. The van der Waals surface area contributed by atoms with Crippen LogP contribution in [0.2, 0.25) is 0 Å². The van der Waals surface area contributed by atoms with E-state index in [2.05, 4.69) is 13.8 Å². The number of hydrogen-bond acceptors (Lipinski definition) is 7. The lowest BCUT2D eigenvalue weighted by Gasteiger charge is -2.37. The van der Waals surface area contributed by atoms with Crippen LogP contribution in [-0.4, -0.2) is 65.9 Å². The molecule has 0 aromatic heterocycles. The number of carbonyl (C=O) groups excluding carboxylic acids is 2. The summed E-state index contributed by atoms with van der Waals surface area (Å²) in [4.78, 5) is 24.5. The highest BCUT2D eigenvalue weighted by molar-refractivity contribution is 7.90. The van der Waals surface area contributed by atoms with E-state index in [0.717, 1.165) is 17.1 Å². The molecule has 7 atom stereocenters. The Bertz CT molecular complexity index is 855. The number of ether oxygens (including phenoxy) is 2. The molecule has 0 aromatic carbocycles. The van der Waals surface area contributed by atoms with Gasteiger partial charge in [-0.15, -0.1) is 0 Å². The molecule has 2 bridgehead atoms. The molecule has 0 unspecified atom stereocenters. The van der Waals surface area contributed by atoms with Crippen LogP contribution in [0.5, 0.6) is 0 Å². The number of aliphatic hydroxyl groups is 1. The smallest absolute Gasteiger partial charge is 0.306 e. The third-order valence-corrected chi connectivity index (χ3v) is 10.6. The van der Waals surface area contributed by atoms with Crippen LogP contribution in [0.15, 0.2) is 0 Å². The van der Waals surface area contributed by atoms with Crippen molar-refractivity contribution < 1.29 is 32.6 Å². The van der Waals surface area contributed by atoms with Gasteiger partial charge in [0.1, 0.15) is 6.10 Å². The Morgan fingerprint density at radius 2 is 1.97 bits per heavy atom. The fraction of sp³-hybridized carbons (Fsp3) is 0.900. The second-order valence-corrected chi connectivity index (χ2v) is 11.9. The van der Waals surface area contributed by atoms with Crippen LogP contribution in [-0.2, 0) is 29.1 Å². The molecule has 2 saturated carbocycles. The van der Waals surface area contributed by atoms with E-state index in [1.54, 1.807) is 0 Å². The van der Waals surface area contributed by atoms with E-state index in [-0.39, 0.29) is 35.4 Å². The maximum Gasteiger partial charge on any atom is 0.306 e. The number of nitrogens with zero attached hydrogens (tertiary/aromatic N) is 1. The maximum atomic E-state index is 13.2. The van der Waals surface area contributed by atoms with Crippen molar-refractivity contribution in [1.82, 2.24) is 4.31 Å². The summed E-state index contributed by atoms with van der Waals surface area (Å²) in [7, 11) is -3.77. The van der Waals surface area contributed by atoms with Gasteiger partial charge in [-0.25, -0.2) is 12.7 Å². The van der Waals surface area contributed by atoms with Crippen molar-refractivity contribution in [2.75, 3.05) is 5.75 Å². The topological polar surface area (TPSA) is 110 Å². The molecule has 1 N–H and O–H groups in total. The molecule has 3 aliphatic heterocycles. The Labute approximate surface area is 171 Å². The van der Waals surface area contributed by atoms with Crippen molar-refractivity contribution in [1.29, 1.82) is 0 Å². The lowest BCUT2D eigenvalue weighted by molar-refractivity contribution is -0.154. The first-order valence-corrected chi connectivity index (χ1v) is 12.3. The van der Waals surface area contributed by atoms with Gasteiger partial charge < -0.3 is 14.6 Å². The summed E-state index contributed by atoms with van der Waals surface area (Å²) in [6, 6.07) is -0.364. The number of hydrogen-bond donors (Lipinski definition) is 1. The molecule has 1 amide bonds. The molecule has 0 radical (unpaired) electrons. The van der Waals surface area contributed by atoms with Crippen molar-refractivity contribution in [2.45, 2.75) is 89.3 Å². The van der Waals surface area contributed by atoms with Gasteiger partial charge in [0.15, 0.2) is 6.10 Å². The van der Waals surface area contributed by atoms with Crippen LogP contribution in [0.1, 0.15) is 58.8 Å². The Morgan fingerprint density at radius 1 is 1.21 bits per heavy atom. The van der Waals surface area contributed by atoms with Crippen LogP contribution in [0.4, 0.5) is 0 Å². The Kier molecular flexibility index (Phi) is 4.20. The molecular weight excluding hydrogens is 398 g/mol. The first-order chi connectivity index (χ1) is 13.6. The third kappa shape index (κ3) is 2.59. The van der Waals surface area contributed by atoms with Crippen molar-refractivity contribution in [3.8, 4) is 0 Å². The van der Waals surface area contributed by atoms with Crippen LogP contribution < -0.4 is 0 Å². The number of rotatable bonds is 3. The maximum absolute atomic E-state index is 13.2. The van der Waals surface area contributed by atoms with Crippen LogP contribution in [0.3, 0.4) is 0 Å². The van der Waals surface area contributed by atoms with Gasteiger partial charge in [0.05, 0.1) is 24.0 Å². The quantitative estimate of drug-likeness (QED) is 0.668. The highest BCUT2D eigenvalue weighted by atomic mass is 32.2. The van der Waals surface area contributed by atoms with E-state index >= 15 is 0 Å². The standard InChI is InChI=1S/C20H29NO7S/c1-19(2)11-7-8-20(19)10-29(25,26)21(15(20)9-11)18(24)17(23)14-4-3-12(27-14)13-5-6-16(22)28-13/h11-15,17,23H,3-10H2,1-2H3/t11-,12-,13-,14+,15-,17-,20-/m0/s1. The predicted octanol–water partition coefficient (Wildman–Crippen LogP) is 0.967. The molecule has 3 saturated heterocycles. The largest absolute Gasteiger partial charge is 0.460 e. The second-order valence-electron chi connectivity index (χ2n) is 10.1. The van der Waals surface area contributed by atoms with Crippen molar-refractivity contribution in [3.05, 3.63) is 0 Å². The molecule has 29 heavy (non-hydrogen) atoms. The van der Waals surface area contributed by atoms with Gasteiger partial charge >= 0.3 is 5.97 Å². The molecule has 5 rings (SSSR count). The lowest BCUT2D eigenvalue weighted by atomic mass is 9.69. The summed E-state index contributed by atoms with van der Waals surface area (Å²) in [5.74, 6) is -0.631. The summed E-state index contributed by atoms with van der Waals surface area (Å²) < 4.78 is 38.1. The number of amides is 1. The Balaban J connectivity index is 1.34. The predicted molar refractivity (Wildman–Crippen MR) is 101 cm³/mol. The number of sulfonamides is 1. The van der Waals surface area contributed by atoms with E-state index in [1.165, 1.54) is 0 Å². The van der Waals surface area contributed by atoms with Crippen LogP contribution in [0.25, 0.3) is 0 Å². The average Bonchev–Trinajstić information content (AvgIpc) is 3.40. The van der Waals surface area contributed by atoms with Crippen LogP contribution in [0, 0.1) is 16.7 Å². The summed E-state index contributed by atoms with van der Waals surface area (Å²) in [5.41, 5.74) is -0.547. The van der Waals surface area contributed by atoms with Gasteiger partial charge in [0.2, 0.25) is 10.0 Å². The van der Waals surface area contributed by atoms with E-state index in [0.29, 0.717) is 38.0 Å². The van der Waals surface area contributed by atoms with Crippen molar-refractivity contribution >= 4 is 21.9 Å². The number of carbonyl (C=O) groups is 2. The van der Waals surface area contributed by atoms with E-state index in [4.69, 9.17) is 9.47 Å². The number of aliphatic hydroxyl groups excluding tert-OH is 1. The number of fused-ring (bicyclic) bond motifs is 1. The zero-order valence-electron chi connectivity index (χ0n) is 16.9. The van der Waals surface area contributed by atoms with Gasteiger partial charge in [-0.3, -0.25) is 9.59 Å². The minimum atomic E-state index is -3.77. The summed E-state index contributed by atoms with van der Waals surface area (Å²) in [6.07, 6.45) is 1.42. The van der Waals surface area contributed by atoms with Gasteiger partial charge in [-0.05, 0) is 49.9 Å². The fourth-order valence-corrected chi connectivity index (χ4v) is 9.43. The molecule has 5 aliphatic rings. The second kappa shape index (κ2) is 6.17. The van der Waals surface area contributed by atoms with Crippen LogP contribution >= 0.6 is 0 Å². The first-order valence-electron chi connectivity index (χ1n) is 10.7. The first kappa shape index (κ1) is 19.8. The highest BCUT2D eigenvalue weighted by Crippen LogP contribution is 2.70. The summed E-state index contributed by atoms with van der Waals surface area (Å²) >= 11 is 0. The minimum absolute atomic E-state index is 0.0151. The Hall–Kier alpha value is -1.19. The SMILES string of the molecule is CC1(C)[C@H]2CC[C@@]13CS(=O)(=O)N(C(=O)[C@@H](O)[C@H]1CC[C@@H]([C@@H]4CCC(=O)O4)O1)[C@H]3C2. The number of cyclic esters (lactones) is 1. The zero-order valence-corrected chi connectivity index (χ0v) is 17.7. The molecule has 0 aromatic rings. The third-order valence-electron chi connectivity index (χ3n) is 8.65. The van der Waals surface area contributed by atoms with Gasteiger partial charge in [0.25, 0.3) is 5.91 Å². The number of esters is 1.